The predicted molar refractivity (Wildman–Crippen MR) is 104 cm³/mol. The van der Waals surface area contributed by atoms with Gasteiger partial charge in [0.1, 0.15) is 5.56 Å². The number of anilines is 1. The summed E-state index contributed by atoms with van der Waals surface area (Å²) in [5, 5.41) is 2.40. The van der Waals surface area contributed by atoms with E-state index in [1.165, 1.54) is 11.7 Å². The largest absolute Gasteiger partial charge is 0.418 e. The number of carbonyl (C=O) groups is 2. The third-order valence-electron chi connectivity index (χ3n) is 5.55. The van der Waals surface area contributed by atoms with E-state index >= 15 is 0 Å². The lowest BCUT2D eigenvalue weighted by Gasteiger charge is -2.30. The molecule has 4 rings (SSSR count). The molecule has 6 nitrogen and oxygen atoms in total. The summed E-state index contributed by atoms with van der Waals surface area (Å²) in [5.41, 5.74) is -2.02. The molecule has 30 heavy (non-hydrogen) atoms. The van der Waals surface area contributed by atoms with Crippen molar-refractivity contribution in [2.45, 2.75) is 44.2 Å². The Balaban J connectivity index is 1.88. The topological polar surface area (TPSA) is 75.2 Å². The molecule has 1 saturated carbocycles. The van der Waals surface area contributed by atoms with Crippen molar-refractivity contribution >= 4 is 29.0 Å². The number of hydrogen-bond acceptors (Lipinski definition) is 3. The number of amides is 1. The number of ketones is 1. The van der Waals surface area contributed by atoms with E-state index in [9.17, 15) is 27.6 Å². The van der Waals surface area contributed by atoms with Crippen LogP contribution >= 0.6 is 11.6 Å². The summed E-state index contributed by atoms with van der Waals surface area (Å²) in [6, 6.07) is 1.73. The fraction of sp³-hybridized carbons (Fsp3) is 0.450. The summed E-state index contributed by atoms with van der Waals surface area (Å²) in [6.45, 7) is 0.0819. The Morgan fingerprint density at radius 2 is 1.90 bits per heavy atom. The van der Waals surface area contributed by atoms with Crippen molar-refractivity contribution in [2.75, 3.05) is 11.4 Å². The molecule has 2 heterocycles. The number of aromatic nitrogens is 2. The predicted octanol–water partition coefficient (Wildman–Crippen LogP) is 4.01. The quantitative estimate of drug-likeness (QED) is 0.728. The van der Waals surface area contributed by atoms with E-state index in [0.29, 0.717) is 18.5 Å². The molecule has 1 N–H and O–H groups in total. The highest BCUT2D eigenvalue weighted by atomic mass is 35.5. The van der Waals surface area contributed by atoms with Crippen LogP contribution in [-0.4, -0.2) is 28.0 Å². The molecular formula is C20H19ClF3N3O3. The van der Waals surface area contributed by atoms with E-state index in [4.69, 9.17) is 11.6 Å². The molecule has 160 valence electrons. The summed E-state index contributed by atoms with van der Waals surface area (Å²) in [5.74, 6) is -1.19. The Hall–Kier alpha value is -2.55. The molecule has 0 bridgehead atoms. The molecule has 2 fully saturated rings. The Kier molecular flexibility index (Phi) is 5.04. The number of hydrogen-bond donors (Lipinski definition) is 1. The number of piperidine rings is 1. The van der Waals surface area contributed by atoms with E-state index < -0.39 is 39.7 Å². The summed E-state index contributed by atoms with van der Waals surface area (Å²) >= 11 is 6.34. The number of rotatable bonds is 4. The molecule has 0 radical (unpaired) electrons. The Labute approximate surface area is 174 Å². The van der Waals surface area contributed by atoms with Crippen molar-refractivity contribution < 1.29 is 22.8 Å². The van der Waals surface area contributed by atoms with Gasteiger partial charge in [0.05, 0.1) is 22.0 Å². The maximum atomic E-state index is 13.7. The molecule has 2 aliphatic rings. The molecule has 0 unspecified atom stereocenters. The number of nitrogens with zero attached hydrogens (tertiary/aromatic N) is 2. The second kappa shape index (κ2) is 7.30. The molecule has 1 aromatic carbocycles. The second-order valence-corrected chi connectivity index (χ2v) is 8.07. The van der Waals surface area contributed by atoms with Crippen LogP contribution < -0.4 is 10.5 Å². The monoisotopic (exact) mass is 441 g/mol. The van der Waals surface area contributed by atoms with Gasteiger partial charge in [-0.1, -0.05) is 11.6 Å². The molecule has 0 atom stereocenters. The SMILES string of the molecule is Cn1[nH]c(C2CC2)c(C(=O)c2ccc(C(F)(F)F)c(N3CCCCC3=O)c2Cl)c1=O. The fourth-order valence-corrected chi connectivity index (χ4v) is 4.22. The van der Waals surface area contributed by atoms with Gasteiger partial charge in [0.25, 0.3) is 5.56 Å². The number of alkyl halides is 3. The zero-order valence-corrected chi connectivity index (χ0v) is 16.9. The summed E-state index contributed by atoms with van der Waals surface area (Å²) < 4.78 is 42.2. The molecule has 1 aliphatic heterocycles. The van der Waals surface area contributed by atoms with Gasteiger partial charge in [-0.15, -0.1) is 0 Å². The van der Waals surface area contributed by atoms with Gasteiger partial charge in [-0.25, -0.2) is 0 Å². The van der Waals surface area contributed by atoms with E-state index in [1.54, 1.807) is 0 Å². The van der Waals surface area contributed by atoms with Crippen molar-refractivity contribution in [3.8, 4) is 0 Å². The Bertz CT molecular complexity index is 1100. The Morgan fingerprint density at radius 3 is 2.50 bits per heavy atom. The van der Waals surface area contributed by atoms with Crippen molar-refractivity contribution in [3.05, 3.63) is 49.9 Å². The second-order valence-electron chi connectivity index (χ2n) is 7.69. The van der Waals surface area contributed by atoms with Gasteiger partial charge in [0.2, 0.25) is 11.7 Å². The van der Waals surface area contributed by atoms with E-state index in [2.05, 4.69) is 5.10 Å². The molecule has 1 aliphatic carbocycles. The molecule has 0 spiro atoms. The zero-order chi connectivity index (χ0) is 21.8. The summed E-state index contributed by atoms with van der Waals surface area (Å²) in [4.78, 5) is 39.1. The molecule has 10 heteroatoms. The van der Waals surface area contributed by atoms with Crippen LogP contribution in [0.5, 0.6) is 0 Å². The van der Waals surface area contributed by atoms with Crippen LogP contribution in [0.2, 0.25) is 5.02 Å². The summed E-state index contributed by atoms with van der Waals surface area (Å²) in [7, 11) is 1.47. The third-order valence-corrected chi connectivity index (χ3v) is 5.93. The van der Waals surface area contributed by atoms with E-state index in [-0.39, 0.29) is 30.0 Å². The number of halogens is 4. The maximum Gasteiger partial charge on any atom is 0.418 e. The smallest absolute Gasteiger partial charge is 0.310 e. The normalized spacial score (nSPS) is 17.5. The van der Waals surface area contributed by atoms with Crippen LogP contribution in [0.4, 0.5) is 18.9 Å². The van der Waals surface area contributed by atoms with Gasteiger partial charge in [0.15, 0.2) is 0 Å². The van der Waals surface area contributed by atoms with Crippen LogP contribution in [0.1, 0.15) is 65.2 Å². The molecule has 1 saturated heterocycles. The van der Waals surface area contributed by atoms with E-state index in [1.807, 2.05) is 0 Å². The first-order chi connectivity index (χ1) is 14.1. The highest BCUT2D eigenvalue weighted by Gasteiger charge is 2.40. The first-order valence-corrected chi connectivity index (χ1v) is 10.0. The summed E-state index contributed by atoms with van der Waals surface area (Å²) in [6.07, 6.45) is -1.92. The lowest BCUT2D eigenvalue weighted by Crippen LogP contribution is -2.37. The number of nitrogens with one attached hydrogen (secondary N) is 1. The van der Waals surface area contributed by atoms with Crippen molar-refractivity contribution in [2.24, 2.45) is 7.05 Å². The fourth-order valence-electron chi connectivity index (χ4n) is 3.87. The third kappa shape index (κ3) is 3.45. The van der Waals surface area contributed by atoms with Gasteiger partial charge in [-0.2, -0.15) is 13.2 Å². The first kappa shape index (κ1) is 20.7. The van der Waals surface area contributed by atoms with Crippen LogP contribution in [0.3, 0.4) is 0 Å². The van der Waals surface area contributed by atoms with Gasteiger partial charge in [-0.05, 0) is 37.8 Å². The minimum absolute atomic E-state index is 0.0363. The highest BCUT2D eigenvalue weighted by Crippen LogP contribution is 2.45. The minimum atomic E-state index is -4.76. The first-order valence-electron chi connectivity index (χ1n) is 9.65. The van der Waals surface area contributed by atoms with Gasteiger partial charge >= 0.3 is 6.18 Å². The minimum Gasteiger partial charge on any atom is -0.310 e. The van der Waals surface area contributed by atoms with E-state index in [0.717, 1.165) is 29.9 Å². The van der Waals surface area contributed by atoms with Crippen LogP contribution in [0.15, 0.2) is 16.9 Å². The zero-order valence-electron chi connectivity index (χ0n) is 16.1. The Morgan fingerprint density at radius 1 is 1.20 bits per heavy atom. The average Bonchev–Trinajstić information content (AvgIpc) is 3.47. The van der Waals surface area contributed by atoms with Gasteiger partial charge in [0, 0.05) is 31.5 Å². The van der Waals surface area contributed by atoms with Crippen LogP contribution in [0.25, 0.3) is 0 Å². The molecular weight excluding hydrogens is 423 g/mol. The average molecular weight is 442 g/mol. The van der Waals surface area contributed by atoms with Crippen molar-refractivity contribution in [1.82, 2.24) is 9.78 Å². The van der Waals surface area contributed by atoms with Gasteiger partial charge < -0.3 is 4.90 Å². The number of aromatic amines is 1. The van der Waals surface area contributed by atoms with Crippen LogP contribution in [0, 0.1) is 0 Å². The number of benzene rings is 1. The molecule has 1 amide bonds. The maximum absolute atomic E-state index is 13.7. The standard InChI is InChI=1S/C20H19ClF3N3O3/c1-26-19(30)14(16(25-26)10-5-6-10)18(29)11-7-8-12(20(22,23)24)17(15(11)21)27-9-3-2-4-13(27)28/h7-8,10,25H,2-6,9H2,1H3. The van der Waals surface area contributed by atoms with Crippen LogP contribution in [-0.2, 0) is 18.0 Å². The number of aryl methyl sites for hydroxylation is 1. The highest BCUT2D eigenvalue weighted by molar-refractivity contribution is 6.38. The molecule has 2 aromatic rings. The number of H-pyrrole nitrogens is 1. The number of carbonyl (C=O) groups excluding carboxylic acids is 2. The van der Waals surface area contributed by atoms with Gasteiger partial charge in [-0.3, -0.25) is 24.2 Å². The lowest BCUT2D eigenvalue weighted by molar-refractivity contribution is -0.137. The van der Waals surface area contributed by atoms with Crippen molar-refractivity contribution in [3.63, 3.8) is 0 Å². The lowest BCUT2D eigenvalue weighted by atomic mass is 9.97. The van der Waals surface area contributed by atoms with Crippen molar-refractivity contribution in [1.29, 1.82) is 0 Å². The molecule has 1 aromatic heterocycles.